The van der Waals surface area contributed by atoms with Crippen molar-refractivity contribution in [3.63, 3.8) is 0 Å². The van der Waals surface area contributed by atoms with E-state index in [1.165, 1.54) is 11.8 Å². The van der Waals surface area contributed by atoms with Crippen LogP contribution < -0.4 is 5.56 Å². The standard InChI is InChI=1S/C17H19N5O3S/c1-2-21-15(24)12-5-3-4-6-13(12)22-16(21)18-19-17(22)26-11-14(23)20-7-9-25-10-8-20/h3-6H,2,7-11H2,1H3. The third kappa shape index (κ3) is 2.86. The number of hydrogen-bond acceptors (Lipinski definition) is 6. The van der Waals surface area contributed by atoms with Gasteiger partial charge in [0.15, 0.2) is 5.16 Å². The third-order valence-electron chi connectivity index (χ3n) is 4.48. The molecule has 1 amide bonds. The van der Waals surface area contributed by atoms with Gasteiger partial charge in [-0.15, -0.1) is 10.2 Å². The normalized spacial score (nSPS) is 15.0. The number of aryl methyl sites for hydroxylation is 1. The van der Waals surface area contributed by atoms with Crippen LogP contribution in [0.1, 0.15) is 6.92 Å². The molecule has 2 aromatic heterocycles. The lowest BCUT2D eigenvalue weighted by molar-refractivity contribution is -0.132. The molecular weight excluding hydrogens is 354 g/mol. The highest BCUT2D eigenvalue weighted by atomic mass is 32.2. The molecule has 0 unspecified atom stereocenters. The first-order chi connectivity index (χ1) is 12.7. The van der Waals surface area contributed by atoms with E-state index in [1.807, 2.05) is 29.5 Å². The van der Waals surface area contributed by atoms with Crippen molar-refractivity contribution in [3.8, 4) is 0 Å². The molecular formula is C17H19N5O3S. The summed E-state index contributed by atoms with van der Waals surface area (Å²) in [5, 5.41) is 9.66. The Bertz CT molecular complexity index is 1020. The molecule has 0 radical (unpaired) electrons. The van der Waals surface area contributed by atoms with Crippen molar-refractivity contribution >= 4 is 34.3 Å². The molecule has 1 aromatic carbocycles. The molecule has 0 N–H and O–H groups in total. The zero-order chi connectivity index (χ0) is 18.1. The Labute approximate surface area is 153 Å². The van der Waals surface area contributed by atoms with E-state index in [2.05, 4.69) is 10.2 Å². The molecule has 1 fully saturated rings. The number of benzene rings is 1. The Morgan fingerprint density at radius 1 is 1.23 bits per heavy atom. The predicted octanol–water partition coefficient (Wildman–Crippen LogP) is 1.01. The van der Waals surface area contributed by atoms with Crippen molar-refractivity contribution < 1.29 is 9.53 Å². The second-order valence-electron chi connectivity index (χ2n) is 5.97. The number of aromatic nitrogens is 4. The summed E-state index contributed by atoms with van der Waals surface area (Å²) in [4.78, 5) is 26.9. The summed E-state index contributed by atoms with van der Waals surface area (Å²) >= 11 is 1.34. The third-order valence-corrected chi connectivity index (χ3v) is 5.40. The summed E-state index contributed by atoms with van der Waals surface area (Å²) < 4.78 is 8.74. The molecule has 136 valence electrons. The van der Waals surface area contributed by atoms with Crippen molar-refractivity contribution in [2.24, 2.45) is 0 Å². The average molecular weight is 373 g/mol. The molecule has 9 heteroatoms. The number of fused-ring (bicyclic) bond motifs is 3. The van der Waals surface area contributed by atoms with Crippen LogP contribution in [0, 0.1) is 0 Å². The van der Waals surface area contributed by atoms with Crippen LogP contribution in [0.25, 0.3) is 16.7 Å². The summed E-state index contributed by atoms with van der Waals surface area (Å²) in [7, 11) is 0. The smallest absolute Gasteiger partial charge is 0.262 e. The van der Waals surface area contributed by atoms with E-state index in [0.717, 1.165) is 5.52 Å². The van der Waals surface area contributed by atoms with Gasteiger partial charge in [-0.2, -0.15) is 0 Å². The van der Waals surface area contributed by atoms with Gasteiger partial charge in [0.2, 0.25) is 11.7 Å². The Hall–Kier alpha value is -2.39. The zero-order valence-electron chi connectivity index (χ0n) is 14.4. The molecule has 8 nitrogen and oxygen atoms in total. The molecule has 0 atom stereocenters. The highest BCUT2D eigenvalue weighted by Crippen LogP contribution is 2.22. The van der Waals surface area contributed by atoms with Crippen LogP contribution in [0.4, 0.5) is 0 Å². The minimum absolute atomic E-state index is 0.0585. The predicted molar refractivity (Wildman–Crippen MR) is 98.6 cm³/mol. The van der Waals surface area contributed by atoms with E-state index in [1.54, 1.807) is 15.5 Å². The van der Waals surface area contributed by atoms with Gasteiger partial charge in [-0.05, 0) is 19.1 Å². The van der Waals surface area contributed by atoms with Crippen molar-refractivity contribution in [3.05, 3.63) is 34.6 Å². The first-order valence-electron chi connectivity index (χ1n) is 8.55. The maximum Gasteiger partial charge on any atom is 0.262 e. The fourth-order valence-electron chi connectivity index (χ4n) is 3.14. The average Bonchev–Trinajstić information content (AvgIpc) is 3.11. The number of amides is 1. The van der Waals surface area contributed by atoms with Crippen molar-refractivity contribution in [2.75, 3.05) is 32.1 Å². The Kier molecular flexibility index (Phi) is 4.64. The number of nitrogens with zero attached hydrogens (tertiary/aromatic N) is 5. The van der Waals surface area contributed by atoms with Gasteiger partial charge >= 0.3 is 0 Å². The summed E-state index contributed by atoms with van der Waals surface area (Å²) in [5.74, 6) is 0.834. The van der Waals surface area contributed by atoms with E-state index in [-0.39, 0.29) is 17.2 Å². The second kappa shape index (κ2) is 7.08. The molecule has 26 heavy (non-hydrogen) atoms. The van der Waals surface area contributed by atoms with Crippen molar-refractivity contribution in [1.82, 2.24) is 24.1 Å². The van der Waals surface area contributed by atoms with Crippen LogP contribution in [0.15, 0.2) is 34.2 Å². The van der Waals surface area contributed by atoms with Gasteiger partial charge in [0.25, 0.3) is 5.56 Å². The number of thioether (sulfide) groups is 1. The summed E-state index contributed by atoms with van der Waals surface area (Å²) in [6.07, 6.45) is 0. The molecule has 0 bridgehead atoms. The van der Waals surface area contributed by atoms with Gasteiger partial charge in [-0.1, -0.05) is 23.9 Å². The van der Waals surface area contributed by atoms with Gasteiger partial charge in [-0.25, -0.2) is 0 Å². The van der Waals surface area contributed by atoms with Crippen molar-refractivity contribution in [2.45, 2.75) is 18.6 Å². The number of ether oxygens (including phenoxy) is 1. The SMILES string of the molecule is CCn1c(=O)c2ccccc2n2c(SCC(=O)N3CCOCC3)nnc12. The number of rotatable bonds is 4. The van der Waals surface area contributed by atoms with Gasteiger partial charge in [0.05, 0.1) is 29.9 Å². The van der Waals surface area contributed by atoms with Gasteiger partial charge in [0.1, 0.15) is 0 Å². The number of para-hydroxylation sites is 1. The fraction of sp³-hybridized carbons (Fsp3) is 0.412. The molecule has 3 aromatic rings. The van der Waals surface area contributed by atoms with Gasteiger partial charge in [0, 0.05) is 19.6 Å². The highest BCUT2D eigenvalue weighted by molar-refractivity contribution is 7.99. The zero-order valence-corrected chi connectivity index (χ0v) is 15.2. The number of carbonyl (C=O) groups is 1. The lowest BCUT2D eigenvalue weighted by Gasteiger charge is -2.26. The molecule has 1 aliphatic heterocycles. The molecule has 0 saturated carbocycles. The molecule has 3 heterocycles. The van der Waals surface area contributed by atoms with Crippen LogP contribution >= 0.6 is 11.8 Å². The molecule has 0 aliphatic carbocycles. The molecule has 4 rings (SSSR count). The van der Waals surface area contributed by atoms with E-state index in [0.29, 0.717) is 49.2 Å². The first-order valence-corrected chi connectivity index (χ1v) is 9.54. The maximum atomic E-state index is 12.7. The van der Waals surface area contributed by atoms with E-state index in [4.69, 9.17) is 4.74 Å². The second-order valence-corrected chi connectivity index (χ2v) is 6.91. The lowest BCUT2D eigenvalue weighted by atomic mass is 10.2. The minimum atomic E-state index is -0.0797. The Balaban J connectivity index is 1.71. The maximum absolute atomic E-state index is 12.7. The first kappa shape index (κ1) is 17.0. The van der Waals surface area contributed by atoms with Crippen LogP contribution in [-0.2, 0) is 16.1 Å². The molecule has 1 aliphatic rings. The lowest BCUT2D eigenvalue weighted by Crippen LogP contribution is -2.41. The highest BCUT2D eigenvalue weighted by Gasteiger charge is 2.20. The fourth-order valence-corrected chi connectivity index (χ4v) is 3.99. The topological polar surface area (TPSA) is 81.7 Å². The number of hydrogen-bond donors (Lipinski definition) is 0. The monoisotopic (exact) mass is 373 g/mol. The molecule has 0 spiro atoms. The van der Waals surface area contributed by atoms with Gasteiger partial charge in [-0.3, -0.25) is 18.6 Å². The van der Waals surface area contributed by atoms with Crippen LogP contribution in [-0.4, -0.2) is 62.0 Å². The van der Waals surface area contributed by atoms with Crippen LogP contribution in [0.5, 0.6) is 0 Å². The summed E-state index contributed by atoms with van der Waals surface area (Å²) in [6, 6.07) is 7.40. The summed E-state index contributed by atoms with van der Waals surface area (Å²) in [5.41, 5.74) is 0.674. The Morgan fingerprint density at radius 2 is 2.00 bits per heavy atom. The number of morpholine rings is 1. The summed E-state index contributed by atoms with van der Waals surface area (Å²) in [6.45, 7) is 4.81. The Morgan fingerprint density at radius 3 is 2.77 bits per heavy atom. The van der Waals surface area contributed by atoms with Crippen LogP contribution in [0.3, 0.4) is 0 Å². The van der Waals surface area contributed by atoms with E-state index >= 15 is 0 Å². The number of carbonyl (C=O) groups excluding carboxylic acids is 1. The van der Waals surface area contributed by atoms with Gasteiger partial charge < -0.3 is 9.64 Å². The van der Waals surface area contributed by atoms with E-state index in [9.17, 15) is 9.59 Å². The largest absolute Gasteiger partial charge is 0.378 e. The van der Waals surface area contributed by atoms with Crippen LogP contribution in [0.2, 0.25) is 0 Å². The molecule has 1 saturated heterocycles. The van der Waals surface area contributed by atoms with Crippen molar-refractivity contribution in [1.29, 1.82) is 0 Å². The quantitative estimate of drug-likeness (QED) is 0.635. The van der Waals surface area contributed by atoms with E-state index < -0.39 is 0 Å². The minimum Gasteiger partial charge on any atom is -0.378 e.